The van der Waals surface area contributed by atoms with E-state index in [-0.39, 0.29) is 6.61 Å². The highest BCUT2D eigenvalue weighted by molar-refractivity contribution is 7.99. The second kappa shape index (κ2) is 8.48. The Morgan fingerprint density at radius 2 is 1.81 bits per heavy atom. The average molecular weight is 385 g/mol. The number of hydrogen-bond donors (Lipinski definition) is 0. The van der Waals surface area contributed by atoms with Crippen LogP contribution in [0, 0.1) is 0 Å². The summed E-state index contributed by atoms with van der Waals surface area (Å²) in [5.74, 6) is -1.07. The predicted octanol–water partition coefficient (Wildman–Crippen LogP) is 4.87. The first kappa shape index (κ1) is 19.3. The van der Waals surface area contributed by atoms with Gasteiger partial charge in [0, 0.05) is 28.8 Å². The highest BCUT2D eigenvalue weighted by Gasteiger charge is 2.29. The molecule has 1 atom stereocenters. The number of rotatable bonds is 6. The fraction of sp³-hybridized carbons (Fsp3) is 0.333. The summed E-state index contributed by atoms with van der Waals surface area (Å²) in [6.07, 6.45) is -0.0378. The SMILES string of the molecule is CCCN1c2ccccc2Sc2cc([C@H](OC(C)=O)C(=O)OCC)ccc21. The highest BCUT2D eigenvalue weighted by Crippen LogP contribution is 2.48. The number of carbonyl (C=O) groups excluding carboxylic acids is 2. The third-order valence-electron chi connectivity index (χ3n) is 4.19. The monoisotopic (exact) mass is 385 g/mol. The minimum absolute atomic E-state index is 0.230. The summed E-state index contributed by atoms with van der Waals surface area (Å²) >= 11 is 1.65. The van der Waals surface area contributed by atoms with Gasteiger partial charge in [0.05, 0.1) is 18.0 Å². The molecule has 27 heavy (non-hydrogen) atoms. The van der Waals surface area contributed by atoms with E-state index in [0.29, 0.717) is 5.56 Å². The Morgan fingerprint density at radius 3 is 2.52 bits per heavy atom. The summed E-state index contributed by atoms with van der Waals surface area (Å²) in [6, 6.07) is 14.0. The molecule has 0 aliphatic carbocycles. The van der Waals surface area contributed by atoms with Crippen LogP contribution in [0.15, 0.2) is 52.3 Å². The van der Waals surface area contributed by atoms with Crippen LogP contribution in [0.4, 0.5) is 11.4 Å². The zero-order valence-electron chi connectivity index (χ0n) is 15.7. The summed E-state index contributed by atoms with van der Waals surface area (Å²) < 4.78 is 10.3. The van der Waals surface area contributed by atoms with E-state index in [4.69, 9.17) is 9.47 Å². The Kier molecular flexibility index (Phi) is 6.06. The van der Waals surface area contributed by atoms with Crippen LogP contribution in [0.5, 0.6) is 0 Å². The zero-order chi connectivity index (χ0) is 19.4. The van der Waals surface area contributed by atoms with E-state index >= 15 is 0 Å². The van der Waals surface area contributed by atoms with E-state index in [0.717, 1.165) is 28.4 Å². The van der Waals surface area contributed by atoms with Gasteiger partial charge in [0.15, 0.2) is 0 Å². The molecule has 6 heteroatoms. The predicted molar refractivity (Wildman–Crippen MR) is 105 cm³/mol. The summed E-state index contributed by atoms with van der Waals surface area (Å²) in [5.41, 5.74) is 2.90. The van der Waals surface area contributed by atoms with Crippen molar-refractivity contribution >= 4 is 35.1 Å². The number of hydrogen-bond acceptors (Lipinski definition) is 6. The smallest absolute Gasteiger partial charge is 0.352 e. The fourth-order valence-corrected chi connectivity index (χ4v) is 4.26. The van der Waals surface area contributed by atoms with Crippen molar-refractivity contribution in [3.63, 3.8) is 0 Å². The lowest BCUT2D eigenvalue weighted by molar-refractivity contribution is -0.167. The van der Waals surface area contributed by atoms with Crippen LogP contribution in [-0.2, 0) is 19.1 Å². The van der Waals surface area contributed by atoms with Crippen molar-refractivity contribution < 1.29 is 19.1 Å². The zero-order valence-corrected chi connectivity index (χ0v) is 16.5. The van der Waals surface area contributed by atoms with Crippen LogP contribution in [0.1, 0.15) is 38.9 Å². The fourth-order valence-electron chi connectivity index (χ4n) is 3.11. The van der Waals surface area contributed by atoms with Crippen molar-refractivity contribution in [1.29, 1.82) is 0 Å². The van der Waals surface area contributed by atoms with Gasteiger partial charge in [-0.1, -0.05) is 36.9 Å². The van der Waals surface area contributed by atoms with Crippen molar-refractivity contribution in [3.8, 4) is 0 Å². The standard InChI is InChI=1S/C21H23NO4S/c1-4-12-22-16-8-6-7-9-18(16)27-19-13-15(10-11-17(19)22)20(26-14(3)23)21(24)25-5-2/h6-11,13,20H,4-5,12H2,1-3H3/t20-/m0/s1. The van der Waals surface area contributed by atoms with Gasteiger partial charge in [-0.15, -0.1) is 0 Å². The largest absolute Gasteiger partial charge is 0.463 e. The third-order valence-corrected chi connectivity index (χ3v) is 5.30. The normalized spacial score (nSPS) is 13.4. The van der Waals surface area contributed by atoms with Crippen molar-refractivity contribution in [2.24, 2.45) is 0 Å². The Balaban J connectivity index is 2.00. The molecule has 142 valence electrons. The molecular weight excluding hydrogens is 362 g/mol. The molecule has 0 amide bonds. The Bertz CT molecular complexity index is 852. The van der Waals surface area contributed by atoms with Crippen molar-refractivity contribution in [2.45, 2.75) is 43.1 Å². The van der Waals surface area contributed by atoms with Gasteiger partial charge in [-0.2, -0.15) is 0 Å². The molecule has 0 spiro atoms. The molecule has 0 radical (unpaired) electrons. The van der Waals surface area contributed by atoms with Crippen molar-refractivity contribution in [1.82, 2.24) is 0 Å². The Morgan fingerprint density at radius 1 is 1.07 bits per heavy atom. The summed E-state index contributed by atoms with van der Waals surface area (Å²) in [5, 5.41) is 0. The molecule has 1 aliphatic heterocycles. The Labute approximate surface area is 163 Å². The van der Waals surface area contributed by atoms with Gasteiger partial charge in [-0.05, 0) is 37.6 Å². The van der Waals surface area contributed by atoms with Gasteiger partial charge >= 0.3 is 11.9 Å². The number of fused-ring (bicyclic) bond motifs is 2. The molecule has 0 bridgehead atoms. The van der Waals surface area contributed by atoms with E-state index in [1.807, 2.05) is 30.3 Å². The molecule has 1 heterocycles. The molecule has 0 aromatic heterocycles. The summed E-state index contributed by atoms with van der Waals surface area (Å²) in [6.45, 7) is 6.29. The lowest BCUT2D eigenvalue weighted by Crippen LogP contribution is -2.23. The molecule has 1 aliphatic rings. The van der Waals surface area contributed by atoms with Crippen LogP contribution in [0.3, 0.4) is 0 Å². The van der Waals surface area contributed by atoms with Crippen LogP contribution < -0.4 is 4.90 Å². The maximum atomic E-state index is 12.3. The molecule has 0 saturated heterocycles. The number of benzene rings is 2. The minimum atomic E-state index is -1.05. The molecule has 5 nitrogen and oxygen atoms in total. The first-order chi connectivity index (χ1) is 13.0. The molecule has 0 fully saturated rings. The Hall–Kier alpha value is -2.47. The number of carbonyl (C=O) groups is 2. The average Bonchev–Trinajstić information content (AvgIpc) is 2.65. The van der Waals surface area contributed by atoms with E-state index in [2.05, 4.69) is 24.0 Å². The lowest BCUT2D eigenvalue weighted by Gasteiger charge is -2.33. The maximum absolute atomic E-state index is 12.3. The number of esters is 2. The van der Waals surface area contributed by atoms with Crippen LogP contribution in [-0.4, -0.2) is 25.1 Å². The molecular formula is C21H23NO4S. The second-order valence-corrected chi connectivity index (χ2v) is 7.27. The van der Waals surface area contributed by atoms with E-state index in [1.54, 1.807) is 18.7 Å². The molecule has 3 rings (SSSR count). The highest BCUT2D eigenvalue weighted by atomic mass is 32.2. The van der Waals surface area contributed by atoms with Gasteiger partial charge in [-0.25, -0.2) is 4.79 Å². The van der Waals surface area contributed by atoms with Gasteiger partial charge < -0.3 is 14.4 Å². The number of ether oxygens (including phenoxy) is 2. The van der Waals surface area contributed by atoms with Crippen LogP contribution in [0.2, 0.25) is 0 Å². The number of anilines is 2. The summed E-state index contributed by atoms with van der Waals surface area (Å²) in [4.78, 5) is 28.3. The van der Waals surface area contributed by atoms with E-state index < -0.39 is 18.0 Å². The molecule has 0 N–H and O–H groups in total. The minimum Gasteiger partial charge on any atom is -0.463 e. The van der Waals surface area contributed by atoms with Gasteiger partial charge in [0.2, 0.25) is 6.10 Å². The lowest BCUT2D eigenvalue weighted by atomic mass is 10.1. The second-order valence-electron chi connectivity index (χ2n) is 6.19. The molecule has 0 saturated carbocycles. The molecule has 0 unspecified atom stereocenters. The van der Waals surface area contributed by atoms with Gasteiger partial charge in [0.25, 0.3) is 0 Å². The molecule has 2 aromatic rings. The number of nitrogens with zero attached hydrogens (tertiary/aromatic N) is 1. The van der Waals surface area contributed by atoms with E-state index in [9.17, 15) is 9.59 Å². The number of para-hydroxylation sites is 1. The van der Waals surface area contributed by atoms with E-state index in [1.165, 1.54) is 12.6 Å². The van der Waals surface area contributed by atoms with Crippen molar-refractivity contribution in [2.75, 3.05) is 18.1 Å². The van der Waals surface area contributed by atoms with Gasteiger partial charge in [0.1, 0.15) is 0 Å². The first-order valence-electron chi connectivity index (χ1n) is 9.07. The quantitative estimate of drug-likeness (QED) is 0.662. The summed E-state index contributed by atoms with van der Waals surface area (Å²) in [7, 11) is 0. The van der Waals surface area contributed by atoms with Gasteiger partial charge in [-0.3, -0.25) is 4.79 Å². The van der Waals surface area contributed by atoms with Crippen LogP contribution >= 0.6 is 11.8 Å². The topological polar surface area (TPSA) is 55.8 Å². The van der Waals surface area contributed by atoms with Crippen molar-refractivity contribution in [3.05, 3.63) is 48.0 Å². The first-order valence-corrected chi connectivity index (χ1v) is 9.89. The van der Waals surface area contributed by atoms with Crippen LogP contribution in [0.25, 0.3) is 0 Å². The maximum Gasteiger partial charge on any atom is 0.352 e. The molecule has 2 aromatic carbocycles. The third kappa shape index (κ3) is 4.11.